The zero-order valence-corrected chi connectivity index (χ0v) is 9.61. The van der Waals surface area contributed by atoms with Crippen molar-refractivity contribution in [3.8, 4) is 0 Å². The Morgan fingerprint density at radius 3 is 1.94 bits per heavy atom. The standard InChI is InChI=1S/C11H16ClNO3/c12-10-3-1-9(2-4-10)5-13-11(6-14,7-15)8-16/h1-4,13-16H,5-8H2. The first-order chi connectivity index (χ1) is 7.65. The van der Waals surface area contributed by atoms with Crippen LogP contribution in [-0.2, 0) is 6.54 Å². The molecule has 0 fully saturated rings. The predicted octanol–water partition coefficient (Wildman–Crippen LogP) is 0.145. The third-order valence-corrected chi connectivity index (χ3v) is 2.74. The van der Waals surface area contributed by atoms with E-state index in [1.54, 1.807) is 12.1 Å². The summed E-state index contributed by atoms with van der Waals surface area (Å²) in [5.74, 6) is 0. The number of aliphatic hydroxyl groups excluding tert-OH is 3. The monoisotopic (exact) mass is 245 g/mol. The van der Waals surface area contributed by atoms with Gasteiger partial charge in [-0.15, -0.1) is 0 Å². The van der Waals surface area contributed by atoms with E-state index in [-0.39, 0.29) is 19.8 Å². The molecule has 5 heteroatoms. The van der Waals surface area contributed by atoms with Gasteiger partial charge in [0.25, 0.3) is 0 Å². The summed E-state index contributed by atoms with van der Waals surface area (Å²) in [5, 5.41) is 30.9. The van der Waals surface area contributed by atoms with Crippen molar-refractivity contribution in [2.75, 3.05) is 19.8 Å². The molecule has 0 bridgehead atoms. The molecule has 4 nitrogen and oxygen atoms in total. The highest BCUT2D eigenvalue weighted by molar-refractivity contribution is 6.30. The molecule has 0 unspecified atom stereocenters. The van der Waals surface area contributed by atoms with Crippen LogP contribution in [0.15, 0.2) is 24.3 Å². The Morgan fingerprint density at radius 2 is 1.50 bits per heavy atom. The van der Waals surface area contributed by atoms with E-state index in [1.165, 1.54) is 0 Å². The molecule has 4 N–H and O–H groups in total. The molecular weight excluding hydrogens is 230 g/mol. The molecule has 0 radical (unpaired) electrons. The van der Waals surface area contributed by atoms with Crippen LogP contribution in [0.25, 0.3) is 0 Å². The van der Waals surface area contributed by atoms with Crippen LogP contribution in [0.1, 0.15) is 5.56 Å². The average Bonchev–Trinajstić information content (AvgIpc) is 2.34. The van der Waals surface area contributed by atoms with Gasteiger partial charge in [0.2, 0.25) is 0 Å². The van der Waals surface area contributed by atoms with E-state index in [2.05, 4.69) is 5.32 Å². The number of halogens is 1. The quantitative estimate of drug-likeness (QED) is 0.576. The summed E-state index contributed by atoms with van der Waals surface area (Å²) < 4.78 is 0. The van der Waals surface area contributed by atoms with Crippen LogP contribution in [0, 0.1) is 0 Å². The van der Waals surface area contributed by atoms with Crippen molar-refractivity contribution >= 4 is 11.6 Å². The average molecular weight is 246 g/mol. The Kier molecular flexibility index (Phi) is 5.18. The molecule has 0 aliphatic heterocycles. The summed E-state index contributed by atoms with van der Waals surface area (Å²) in [6.07, 6.45) is 0. The Balaban J connectivity index is 2.58. The van der Waals surface area contributed by atoms with Crippen LogP contribution >= 0.6 is 11.6 Å². The van der Waals surface area contributed by atoms with Gasteiger partial charge in [0.05, 0.1) is 25.4 Å². The van der Waals surface area contributed by atoms with Crippen molar-refractivity contribution in [3.63, 3.8) is 0 Å². The number of hydrogen-bond acceptors (Lipinski definition) is 4. The molecule has 90 valence electrons. The van der Waals surface area contributed by atoms with Gasteiger partial charge in [0, 0.05) is 11.6 Å². The number of rotatable bonds is 6. The maximum atomic E-state index is 9.10. The molecule has 0 amide bonds. The van der Waals surface area contributed by atoms with E-state index in [0.717, 1.165) is 5.56 Å². The Bertz CT molecular complexity index is 303. The minimum Gasteiger partial charge on any atom is -0.394 e. The van der Waals surface area contributed by atoms with Gasteiger partial charge in [-0.2, -0.15) is 0 Å². The number of nitrogens with one attached hydrogen (secondary N) is 1. The smallest absolute Gasteiger partial charge is 0.0884 e. The van der Waals surface area contributed by atoms with Crippen molar-refractivity contribution in [2.24, 2.45) is 0 Å². The second-order valence-corrected chi connectivity index (χ2v) is 4.17. The van der Waals surface area contributed by atoms with Gasteiger partial charge < -0.3 is 20.6 Å². The SMILES string of the molecule is OCC(CO)(CO)NCc1ccc(Cl)cc1. The van der Waals surface area contributed by atoms with E-state index in [4.69, 9.17) is 26.9 Å². The molecule has 0 aliphatic rings. The highest BCUT2D eigenvalue weighted by atomic mass is 35.5. The molecule has 0 spiro atoms. The van der Waals surface area contributed by atoms with Gasteiger partial charge >= 0.3 is 0 Å². The summed E-state index contributed by atoms with van der Waals surface area (Å²) in [7, 11) is 0. The highest BCUT2D eigenvalue weighted by Gasteiger charge is 2.26. The zero-order valence-electron chi connectivity index (χ0n) is 8.86. The molecular formula is C11H16ClNO3. The summed E-state index contributed by atoms with van der Waals surface area (Å²) in [6.45, 7) is -0.534. The lowest BCUT2D eigenvalue weighted by Gasteiger charge is -2.28. The van der Waals surface area contributed by atoms with E-state index in [0.29, 0.717) is 11.6 Å². The first kappa shape index (κ1) is 13.4. The van der Waals surface area contributed by atoms with Gasteiger partial charge in [-0.05, 0) is 17.7 Å². The first-order valence-electron chi connectivity index (χ1n) is 4.98. The maximum absolute atomic E-state index is 9.10. The fourth-order valence-electron chi connectivity index (χ4n) is 1.21. The van der Waals surface area contributed by atoms with Crippen molar-refractivity contribution in [1.29, 1.82) is 0 Å². The van der Waals surface area contributed by atoms with Gasteiger partial charge in [0.15, 0.2) is 0 Å². The number of aliphatic hydroxyl groups is 3. The Labute approximate surface area is 99.5 Å². The zero-order chi connectivity index (χ0) is 12.0. The Hall–Kier alpha value is -0.650. The highest BCUT2D eigenvalue weighted by Crippen LogP contribution is 2.10. The summed E-state index contributed by atoms with van der Waals surface area (Å²) in [6, 6.07) is 7.20. The Morgan fingerprint density at radius 1 is 1.00 bits per heavy atom. The normalized spacial score (nSPS) is 11.8. The minimum absolute atomic E-state index is 0.326. The maximum Gasteiger partial charge on any atom is 0.0884 e. The van der Waals surface area contributed by atoms with Crippen LogP contribution < -0.4 is 5.32 Å². The van der Waals surface area contributed by atoms with Crippen molar-refractivity contribution < 1.29 is 15.3 Å². The summed E-state index contributed by atoms with van der Waals surface area (Å²) >= 11 is 5.74. The molecule has 1 aromatic rings. The molecule has 1 aromatic carbocycles. The molecule has 16 heavy (non-hydrogen) atoms. The third-order valence-electron chi connectivity index (χ3n) is 2.49. The molecule has 0 saturated carbocycles. The summed E-state index contributed by atoms with van der Waals surface area (Å²) in [5.41, 5.74) is -0.0799. The van der Waals surface area contributed by atoms with Crippen LogP contribution in [0.2, 0.25) is 5.02 Å². The lowest BCUT2D eigenvalue weighted by molar-refractivity contribution is 0.0414. The fourth-order valence-corrected chi connectivity index (χ4v) is 1.34. The van der Waals surface area contributed by atoms with Crippen molar-refractivity contribution in [3.05, 3.63) is 34.9 Å². The van der Waals surface area contributed by atoms with Crippen LogP contribution in [-0.4, -0.2) is 40.7 Å². The van der Waals surface area contributed by atoms with Gasteiger partial charge in [-0.1, -0.05) is 23.7 Å². The van der Waals surface area contributed by atoms with Crippen LogP contribution in [0.5, 0.6) is 0 Å². The topological polar surface area (TPSA) is 72.7 Å². The van der Waals surface area contributed by atoms with E-state index < -0.39 is 5.54 Å². The predicted molar refractivity (Wildman–Crippen MR) is 62.3 cm³/mol. The second kappa shape index (κ2) is 6.18. The van der Waals surface area contributed by atoms with Crippen LogP contribution in [0.3, 0.4) is 0 Å². The fraction of sp³-hybridized carbons (Fsp3) is 0.455. The van der Waals surface area contributed by atoms with E-state index >= 15 is 0 Å². The lowest BCUT2D eigenvalue weighted by Crippen LogP contribution is -2.54. The van der Waals surface area contributed by atoms with Gasteiger partial charge in [-0.3, -0.25) is 0 Å². The summed E-state index contributed by atoms with van der Waals surface area (Å²) in [4.78, 5) is 0. The molecule has 0 saturated heterocycles. The van der Waals surface area contributed by atoms with E-state index in [1.807, 2.05) is 12.1 Å². The molecule has 0 aliphatic carbocycles. The molecule has 0 atom stereocenters. The van der Waals surface area contributed by atoms with Gasteiger partial charge in [-0.25, -0.2) is 0 Å². The minimum atomic E-state index is -1.04. The van der Waals surface area contributed by atoms with Crippen LogP contribution in [0.4, 0.5) is 0 Å². The lowest BCUT2D eigenvalue weighted by atomic mass is 10.0. The van der Waals surface area contributed by atoms with Gasteiger partial charge in [0.1, 0.15) is 0 Å². The van der Waals surface area contributed by atoms with Crippen molar-refractivity contribution in [2.45, 2.75) is 12.1 Å². The number of benzene rings is 1. The largest absolute Gasteiger partial charge is 0.394 e. The molecule has 1 rings (SSSR count). The van der Waals surface area contributed by atoms with Crippen molar-refractivity contribution in [1.82, 2.24) is 5.32 Å². The second-order valence-electron chi connectivity index (χ2n) is 3.73. The van der Waals surface area contributed by atoms with E-state index in [9.17, 15) is 0 Å². The molecule has 0 heterocycles. The third kappa shape index (κ3) is 3.43. The number of hydrogen-bond donors (Lipinski definition) is 4. The molecule has 0 aromatic heterocycles. The first-order valence-corrected chi connectivity index (χ1v) is 5.35.